The van der Waals surface area contributed by atoms with Gasteiger partial charge in [-0.1, -0.05) is 29.8 Å². The van der Waals surface area contributed by atoms with Crippen molar-refractivity contribution in [3.63, 3.8) is 0 Å². The van der Waals surface area contributed by atoms with Gasteiger partial charge in [0.25, 0.3) is 0 Å². The molecule has 0 fully saturated rings. The van der Waals surface area contributed by atoms with Crippen molar-refractivity contribution in [1.29, 1.82) is 0 Å². The van der Waals surface area contributed by atoms with E-state index in [1.54, 1.807) is 24.3 Å². The van der Waals surface area contributed by atoms with Crippen LogP contribution >= 0.6 is 11.6 Å². The lowest BCUT2D eigenvalue weighted by Crippen LogP contribution is -2.40. The van der Waals surface area contributed by atoms with Gasteiger partial charge in [0.15, 0.2) is 0 Å². The quantitative estimate of drug-likeness (QED) is 0.754. The molecule has 1 amide bonds. The Balaban J connectivity index is 2.61. The van der Waals surface area contributed by atoms with E-state index >= 15 is 0 Å². The van der Waals surface area contributed by atoms with Crippen LogP contribution in [0.3, 0.4) is 0 Å². The van der Waals surface area contributed by atoms with E-state index in [4.69, 9.17) is 21.4 Å². The molecular formula is C14H16ClNO4. The smallest absolute Gasteiger partial charge is 0.326 e. The third-order valence-electron chi connectivity index (χ3n) is 2.54. The summed E-state index contributed by atoms with van der Waals surface area (Å²) in [5.41, 5.74) is 0.688. The molecule has 0 aliphatic heterocycles. The van der Waals surface area contributed by atoms with Crippen LogP contribution in [-0.2, 0) is 14.3 Å². The molecule has 1 aromatic carbocycles. The lowest BCUT2D eigenvalue weighted by atomic mass is 10.2. The summed E-state index contributed by atoms with van der Waals surface area (Å²) in [6, 6.07) is 6.06. The molecule has 1 atom stereocenters. The predicted octanol–water partition coefficient (Wildman–Crippen LogP) is 1.96. The monoisotopic (exact) mass is 297 g/mol. The minimum Gasteiger partial charge on any atom is -0.480 e. The number of ether oxygens (including phenoxy) is 1. The van der Waals surface area contributed by atoms with E-state index in [0.717, 1.165) is 0 Å². The fourth-order valence-corrected chi connectivity index (χ4v) is 1.69. The predicted molar refractivity (Wildman–Crippen MR) is 76.5 cm³/mol. The summed E-state index contributed by atoms with van der Waals surface area (Å²) in [6.45, 7) is 0.255. The van der Waals surface area contributed by atoms with Crippen molar-refractivity contribution >= 4 is 29.6 Å². The minimum atomic E-state index is -1.10. The summed E-state index contributed by atoms with van der Waals surface area (Å²) >= 11 is 5.94. The zero-order chi connectivity index (χ0) is 15.0. The van der Waals surface area contributed by atoms with Crippen molar-refractivity contribution in [3.05, 3.63) is 40.9 Å². The molecule has 0 saturated heterocycles. The normalized spacial score (nSPS) is 12.3. The largest absolute Gasteiger partial charge is 0.480 e. The van der Waals surface area contributed by atoms with Crippen LogP contribution in [0.15, 0.2) is 30.3 Å². The molecule has 0 saturated carbocycles. The molecule has 0 spiro atoms. The van der Waals surface area contributed by atoms with Crippen molar-refractivity contribution in [1.82, 2.24) is 5.32 Å². The number of benzene rings is 1. The zero-order valence-corrected chi connectivity index (χ0v) is 11.8. The molecule has 108 valence electrons. The van der Waals surface area contributed by atoms with Gasteiger partial charge >= 0.3 is 5.97 Å². The van der Waals surface area contributed by atoms with Crippen molar-refractivity contribution < 1.29 is 19.4 Å². The molecule has 1 unspecified atom stereocenters. The number of carbonyl (C=O) groups is 2. The Kier molecular flexibility index (Phi) is 6.76. The molecular weight excluding hydrogens is 282 g/mol. The number of methoxy groups -OCH3 is 1. The summed E-state index contributed by atoms with van der Waals surface area (Å²) in [7, 11) is 1.47. The highest BCUT2D eigenvalue weighted by atomic mass is 35.5. The van der Waals surface area contributed by atoms with Crippen molar-refractivity contribution in [2.45, 2.75) is 12.5 Å². The van der Waals surface area contributed by atoms with Crippen molar-refractivity contribution in [3.8, 4) is 0 Å². The highest BCUT2D eigenvalue weighted by Gasteiger charge is 2.18. The number of nitrogens with one attached hydrogen (secondary N) is 1. The Morgan fingerprint density at radius 2 is 2.15 bits per heavy atom. The van der Waals surface area contributed by atoms with Crippen molar-refractivity contribution in [2.24, 2.45) is 0 Å². The molecule has 2 N–H and O–H groups in total. The van der Waals surface area contributed by atoms with Crippen LogP contribution < -0.4 is 5.32 Å². The molecule has 0 aliphatic rings. The summed E-state index contributed by atoms with van der Waals surface area (Å²) in [6.07, 6.45) is 2.99. The van der Waals surface area contributed by atoms with Gasteiger partial charge in [-0.15, -0.1) is 0 Å². The molecule has 0 aromatic heterocycles. The van der Waals surface area contributed by atoms with Gasteiger partial charge in [0.2, 0.25) is 5.91 Å². The first-order valence-electron chi connectivity index (χ1n) is 5.99. The number of hydrogen-bond donors (Lipinski definition) is 2. The van der Waals surface area contributed by atoms with Gasteiger partial charge in [-0.05, 0) is 17.7 Å². The molecule has 0 heterocycles. The standard InChI is InChI=1S/C14H16ClNO4/c1-20-9-8-12(14(18)19)16-13(17)7-6-10-4-2-3-5-11(10)15/h2-7,12H,8-9H2,1H3,(H,16,17)(H,18,19). The number of hydrogen-bond acceptors (Lipinski definition) is 3. The van der Waals surface area contributed by atoms with Gasteiger partial charge in [-0.2, -0.15) is 0 Å². The van der Waals surface area contributed by atoms with E-state index in [-0.39, 0.29) is 13.0 Å². The summed E-state index contributed by atoms with van der Waals surface area (Å²) < 4.78 is 4.80. The van der Waals surface area contributed by atoms with E-state index in [2.05, 4.69) is 5.32 Å². The summed E-state index contributed by atoms with van der Waals surface area (Å²) in [4.78, 5) is 22.6. The molecule has 0 radical (unpaired) electrons. The SMILES string of the molecule is COCCC(NC(=O)C=Cc1ccccc1Cl)C(=O)O. The maximum Gasteiger partial charge on any atom is 0.326 e. The molecule has 6 heteroatoms. The number of aliphatic carboxylic acids is 1. The highest BCUT2D eigenvalue weighted by Crippen LogP contribution is 2.16. The molecule has 1 rings (SSSR count). The average Bonchev–Trinajstić information content (AvgIpc) is 2.42. The lowest BCUT2D eigenvalue weighted by Gasteiger charge is -2.12. The van der Waals surface area contributed by atoms with Gasteiger partial charge in [0.05, 0.1) is 0 Å². The number of amides is 1. The number of carboxylic acids is 1. The number of halogens is 1. The highest BCUT2D eigenvalue weighted by molar-refractivity contribution is 6.32. The van der Waals surface area contributed by atoms with Crippen LogP contribution in [0.4, 0.5) is 0 Å². The van der Waals surface area contributed by atoms with Crippen LogP contribution in [0.2, 0.25) is 5.02 Å². The maximum absolute atomic E-state index is 11.7. The number of rotatable bonds is 7. The molecule has 20 heavy (non-hydrogen) atoms. The fourth-order valence-electron chi connectivity index (χ4n) is 1.49. The Morgan fingerprint density at radius 1 is 1.45 bits per heavy atom. The van der Waals surface area contributed by atoms with Gasteiger partial charge < -0.3 is 15.2 Å². The van der Waals surface area contributed by atoms with Gasteiger partial charge in [0, 0.05) is 31.2 Å². The van der Waals surface area contributed by atoms with Gasteiger partial charge in [0.1, 0.15) is 6.04 Å². The Morgan fingerprint density at radius 3 is 2.75 bits per heavy atom. The number of carbonyl (C=O) groups excluding carboxylic acids is 1. The van der Waals surface area contributed by atoms with E-state index in [1.165, 1.54) is 19.3 Å². The van der Waals surface area contributed by atoms with E-state index in [1.807, 2.05) is 0 Å². The first kappa shape index (κ1) is 16.2. The molecule has 0 bridgehead atoms. The fraction of sp³-hybridized carbons (Fsp3) is 0.286. The van der Waals surface area contributed by atoms with E-state index < -0.39 is 17.9 Å². The molecule has 5 nitrogen and oxygen atoms in total. The van der Waals surface area contributed by atoms with Crippen LogP contribution in [0.25, 0.3) is 6.08 Å². The second kappa shape index (κ2) is 8.35. The van der Waals surface area contributed by atoms with Crippen LogP contribution in [0, 0.1) is 0 Å². The van der Waals surface area contributed by atoms with Gasteiger partial charge in [-0.25, -0.2) is 4.79 Å². The summed E-state index contributed by atoms with van der Waals surface area (Å²) in [5, 5.41) is 11.9. The van der Waals surface area contributed by atoms with Crippen LogP contribution in [-0.4, -0.2) is 36.7 Å². The first-order chi connectivity index (χ1) is 9.54. The second-order valence-electron chi connectivity index (χ2n) is 4.04. The average molecular weight is 298 g/mol. The van der Waals surface area contributed by atoms with Gasteiger partial charge in [-0.3, -0.25) is 4.79 Å². The zero-order valence-electron chi connectivity index (χ0n) is 11.0. The Bertz CT molecular complexity index is 502. The maximum atomic E-state index is 11.7. The van der Waals surface area contributed by atoms with Crippen molar-refractivity contribution in [2.75, 3.05) is 13.7 Å². The van der Waals surface area contributed by atoms with E-state index in [9.17, 15) is 9.59 Å². The topological polar surface area (TPSA) is 75.6 Å². The third-order valence-corrected chi connectivity index (χ3v) is 2.89. The Labute approximate surface area is 122 Å². The van der Waals surface area contributed by atoms with Crippen LogP contribution in [0.5, 0.6) is 0 Å². The molecule has 0 aliphatic carbocycles. The van der Waals surface area contributed by atoms with Crippen LogP contribution in [0.1, 0.15) is 12.0 Å². The van der Waals surface area contributed by atoms with E-state index in [0.29, 0.717) is 10.6 Å². The second-order valence-corrected chi connectivity index (χ2v) is 4.44. The minimum absolute atomic E-state index is 0.206. The lowest BCUT2D eigenvalue weighted by molar-refractivity contribution is -0.141. The Hall–Kier alpha value is -1.85. The first-order valence-corrected chi connectivity index (χ1v) is 6.37. The molecule has 1 aromatic rings. The number of carboxylic acid groups (broad SMARTS) is 1. The third kappa shape index (κ3) is 5.42. The summed E-state index contributed by atoms with van der Waals surface area (Å²) in [5.74, 6) is -1.59.